The first-order chi connectivity index (χ1) is 5.88. The fourth-order valence-corrected chi connectivity index (χ4v) is 0.961. The number of hydrogen-bond donors (Lipinski definition) is 0. The lowest BCUT2D eigenvalue weighted by atomic mass is 10.1. The number of rotatable bonds is 3. The molecule has 0 N–H and O–H groups in total. The minimum atomic E-state index is 0.852. The highest BCUT2D eigenvalue weighted by molar-refractivity contribution is 5.68. The first-order valence-electron chi connectivity index (χ1n) is 3.73. The van der Waals surface area contributed by atoms with Gasteiger partial charge in [0.25, 0.3) is 0 Å². The molecular formula is C11H11N. The first kappa shape index (κ1) is 8.47. The van der Waals surface area contributed by atoms with E-state index in [9.17, 15) is 0 Å². The number of hydrogen-bond acceptors (Lipinski definition) is 1. The van der Waals surface area contributed by atoms with E-state index in [1.807, 2.05) is 36.4 Å². The van der Waals surface area contributed by atoms with Crippen LogP contribution in [0.1, 0.15) is 5.56 Å². The summed E-state index contributed by atoms with van der Waals surface area (Å²) in [6, 6.07) is 9.89. The Balaban J connectivity index is 3.03. The van der Waals surface area contributed by atoms with Crippen LogP contribution in [-0.2, 0) is 0 Å². The summed E-state index contributed by atoms with van der Waals surface area (Å²) in [6.45, 7) is 7.10. The summed E-state index contributed by atoms with van der Waals surface area (Å²) in [5, 5.41) is 0. The van der Waals surface area contributed by atoms with E-state index in [0.717, 1.165) is 11.3 Å². The molecule has 0 aliphatic rings. The van der Waals surface area contributed by atoms with Crippen molar-refractivity contribution in [1.29, 1.82) is 0 Å². The third-order valence-electron chi connectivity index (χ3n) is 1.52. The van der Waals surface area contributed by atoms with Gasteiger partial charge in [-0.2, -0.15) is 0 Å². The number of allylic oxidation sites excluding steroid dienone is 2. The quantitative estimate of drug-likeness (QED) is 0.472. The van der Waals surface area contributed by atoms with Gasteiger partial charge in [0, 0.05) is 5.56 Å². The van der Waals surface area contributed by atoms with Gasteiger partial charge in [-0.25, -0.2) is 0 Å². The molecule has 0 unspecified atom stereocenters. The van der Waals surface area contributed by atoms with Crippen molar-refractivity contribution in [2.45, 2.75) is 0 Å². The monoisotopic (exact) mass is 157 g/mol. The van der Waals surface area contributed by atoms with E-state index in [4.69, 9.17) is 0 Å². The van der Waals surface area contributed by atoms with Crippen LogP contribution in [0.25, 0.3) is 5.70 Å². The van der Waals surface area contributed by atoms with E-state index in [-0.39, 0.29) is 0 Å². The maximum atomic E-state index is 3.89. The summed E-state index contributed by atoms with van der Waals surface area (Å²) in [6.07, 6.45) is 3.54. The number of benzene rings is 1. The van der Waals surface area contributed by atoms with E-state index in [0.29, 0.717) is 0 Å². The van der Waals surface area contributed by atoms with Crippen molar-refractivity contribution in [2.75, 3.05) is 0 Å². The molecule has 0 aliphatic carbocycles. The van der Waals surface area contributed by atoms with E-state index in [2.05, 4.69) is 18.3 Å². The molecule has 1 rings (SSSR count). The molecule has 1 heteroatoms. The molecule has 1 aromatic rings. The summed E-state index contributed by atoms with van der Waals surface area (Å²) in [5.41, 5.74) is 1.91. The lowest BCUT2D eigenvalue weighted by molar-refractivity contribution is 1.52. The standard InChI is InChI=1S/C11H11N/c1-3-7-11(12-2)10-8-5-4-6-9-10/h3-9H,1-2H2/b11-7-. The second-order valence-electron chi connectivity index (χ2n) is 2.31. The van der Waals surface area contributed by atoms with E-state index in [1.165, 1.54) is 0 Å². The molecule has 1 nitrogen and oxygen atoms in total. The minimum absolute atomic E-state index is 0.852. The highest BCUT2D eigenvalue weighted by Gasteiger charge is 1.93. The molecular weight excluding hydrogens is 146 g/mol. The van der Waals surface area contributed by atoms with E-state index >= 15 is 0 Å². The SMILES string of the molecule is C=C/C=C(\N=C)c1ccccc1. The molecule has 0 saturated carbocycles. The Hall–Kier alpha value is -1.63. The van der Waals surface area contributed by atoms with Crippen LogP contribution in [0.2, 0.25) is 0 Å². The Morgan fingerprint density at radius 1 is 1.25 bits per heavy atom. The second-order valence-corrected chi connectivity index (χ2v) is 2.31. The van der Waals surface area contributed by atoms with Gasteiger partial charge < -0.3 is 0 Å². The van der Waals surface area contributed by atoms with Crippen LogP contribution in [-0.4, -0.2) is 6.72 Å². The third kappa shape index (κ3) is 1.92. The van der Waals surface area contributed by atoms with Gasteiger partial charge in [-0.1, -0.05) is 43.0 Å². The van der Waals surface area contributed by atoms with Gasteiger partial charge in [0.15, 0.2) is 0 Å². The van der Waals surface area contributed by atoms with Crippen LogP contribution in [0.5, 0.6) is 0 Å². The summed E-state index contributed by atoms with van der Waals surface area (Å²) in [4.78, 5) is 3.89. The van der Waals surface area contributed by atoms with E-state index in [1.54, 1.807) is 6.08 Å². The fourth-order valence-electron chi connectivity index (χ4n) is 0.961. The van der Waals surface area contributed by atoms with Gasteiger partial charge in [-0.3, -0.25) is 4.99 Å². The lowest BCUT2D eigenvalue weighted by Crippen LogP contribution is -1.77. The summed E-state index contributed by atoms with van der Waals surface area (Å²) in [7, 11) is 0. The van der Waals surface area contributed by atoms with Crippen molar-refractivity contribution in [2.24, 2.45) is 4.99 Å². The summed E-state index contributed by atoms with van der Waals surface area (Å²) < 4.78 is 0. The van der Waals surface area contributed by atoms with E-state index < -0.39 is 0 Å². The molecule has 12 heavy (non-hydrogen) atoms. The molecule has 0 amide bonds. The van der Waals surface area contributed by atoms with Crippen LogP contribution < -0.4 is 0 Å². The van der Waals surface area contributed by atoms with Crippen molar-refractivity contribution in [1.82, 2.24) is 0 Å². The Morgan fingerprint density at radius 3 is 2.42 bits per heavy atom. The molecule has 0 bridgehead atoms. The summed E-state index contributed by atoms with van der Waals surface area (Å²) in [5.74, 6) is 0. The largest absolute Gasteiger partial charge is 0.264 e. The van der Waals surface area contributed by atoms with Crippen LogP contribution >= 0.6 is 0 Å². The molecule has 0 spiro atoms. The van der Waals surface area contributed by atoms with Crippen molar-refractivity contribution in [3.63, 3.8) is 0 Å². The predicted octanol–water partition coefficient (Wildman–Crippen LogP) is 2.91. The topological polar surface area (TPSA) is 12.4 Å². The van der Waals surface area contributed by atoms with Crippen molar-refractivity contribution in [3.05, 3.63) is 54.6 Å². The normalized spacial score (nSPS) is 10.8. The van der Waals surface area contributed by atoms with Gasteiger partial charge >= 0.3 is 0 Å². The Morgan fingerprint density at radius 2 is 1.92 bits per heavy atom. The molecule has 0 saturated heterocycles. The highest BCUT2D eigenvalue weighted by atomic mass is 14.7. The number of nitrogens with zero attached hydrogens (tertiary/aromatic N) is 1. The molecule has 0 heterocycles. The Bertz CT molecular complexity index is 296. The average Bonchev–Trinajstić information content (AvgIpc) is 2.15. The molecule has 0 fully saturated rings. The first-order valence-corrected chi connectivity index (χ1v) is 3.73. The number of aliphatic imine (C=N–C) groups is 1. The Labute approximate surface area is 72.8 Å². The smallest absolute Gasteiger partial charge is 0.0694 e. The maximum absolute atomic E-state index is 3.89. The van der Waals surface area contributed by atoms with Gasteiger partial charge in [0.1, 0.15) is 0 Å². The maximum Gasteiger partial charge on any atom is 0.0694 e. The third-order valence-corrected chi connectivity index (χ3v) is 1.52. The van der Waals surface area contributed by atoms with Crippen LogP contribution in [0.4, 0.5) is 0 Å². The van der Waals surface area contributed by atoms with Crippen LogP contribution in [0.15, 0.2) is 54.1 Å². The zero-order valence-electron chi connectivity index (χ0n) is 6.90. The molecule has 0 radical (unpaired) electrons. The zero-order valence-corrected chi connectivity index (χ0v) is 6.90. The minimum Gasteiger partial charge on any atom is -0.264 e. The fraction of sp³-hybridized carbons (Fsp3) is 0. The van der Waals surface area contributed by atoms with Crippen molar-refractivity contribution < 1.29 is 0 Å². The van der Waals surface area contributed by atoms with Gasteiger partial charge in [-0.05, 0) is 12.8 Å². The second kappa shape index (κ2) is 4.29. The molecule has 1 aromatic carbocycles. The van der Waals surface area contributed by atoms with Crippen molar-refractivity contribution in [3.8, 4) is 0 Å². The Kier molecular flexibility index (Phi) is 3.03. The van der Waals surface area contributed by atoms with Crippen LogP contribution in [0, 0.1) is 0 Å². The van der Waals surface area contributed by atoms with Gasteiger partial charge in [0.2, 0.25) is 0 Å². The van der Waals surface area contributed by atoms with Gasteiger partial charge in [-0.15, -0.1) is 0 Å². The average molecular weight is 157 g/mol. The predicted molar refractivity (Wildman–Crippen MR) is 54.2 cm³/mol. The van der Waals surface area contributed by atoms with Crippen LogP contribution in [0.3, 0.4) is 0 Å². The molecule has 0 aliphatic heterocycles. The highest BCUT2D eigenvalue weighted by Crippen LogP contribution is 2.13. The summed E-state index contributed by atoms with van der Waals surface area (Å²) >= 11 is 0. The van der Waals surface area contributed by atoms with Crippen molar-refractivity contribution >= 4 is 12.4 Å². The lowest BCUT2D eigenvalue weighted by Gasteiger charge is -1.98. The molecule has 0 aromatic heterocycles. The van der Waals surface area contributed by atoms with Gasteiger partial charge in [0.05, 0.1) is 5.70 Å². The molecule has 60 valence electrons. The molecule has 0 atom stereocenters. The zero-order chi connectivity index (χ0) is 8.81.